The van der Waals surface area contributed by atoms with Crippen LogP contribution in [0.1, 0.15) is 31.4 Å². The van der Waals surface area contributed by atoms with Gasteiger partial charge in [-0.3, -0.25) is 0 Å². The van der Waals surface area contributed by atoms with Crippen LogP contribution in [-0.2, 0) is 0 Å². The maximum atomic E-state index is 13.5. The first-order valence-corrected chi connectivity index (χ1v) is 6.69. The summed E-state index contributed by atoms with van der Waals surface area (Å²) in [4.78, 5) is 2.23. The summed E-state index contributed by atoms with van der Waals surface area (Å²) in [7, 11) is 2.07. The van der Waals surface area contributed by atoms with Crippen molar-refractivity contribution in [3.63, 3.8) is 0 Å². The minimum absolute atomic E-state index is 0.316. The van der Waals surface area contributed by atoms with Crippen molar-refractivity contribution in [3.8, 4) is 0 Å². The van der Waals surface area contributed by atoms with Crippen molar-refractivity contribution in [1.82, 2.24) is 4.90 Å². The Morgan fingerprint density at radius 2 is 2.11 bits per heavy atom. The van der Waals surface area contributed by atoms with Gasteiger partial charge in [-0.25, -0.2) is 4.39 Å². The lowest BCUT2D eigenvalue weighted by Gasteiger charge is -2.19. The predicted octanol–water partition coefficient (Wildman–Crippen LogP) is 2.84. The van der Waals surface area contributed by atoms with Gasteiger partial charge in [0.05, 0.1) is 6.10 Å². The minimum Gasteiger partial charge on any atom is -0.388 e. The highest BCUT2D eigenvalue weighted by molar-refractivity contribution is 5.19. The maximum Gasteiger partial charge on any atom is 0.128 e. The Morgan fingerprint density at radius 3 is 2.72 bits per heavy atom. The number of hydrogen-bond acceptors (Lipinski definition) is 2. The predicted molar refractivity (Wildman–Crippen MR) is 70.7 cm³/mol. The summed E-state index contributed by atoms with van der Waals surface area (Å²) < 4.78 is 13.5. The fourth-order valence-electron chi connectivity index (χ4n) is 2.39. The standard InChI is InChI=1S/C15H22FNO/c1-11-9-12(11)10-17(2)8-7-15(18)13-5-3-4-6-14(13)16/h3-6,11-12,15,18H,7-10H2,1-2H3. The van der Waals surface area contributed by atoms with Gasteiger partial charge in [0.25, 0.3) is 0 Å². The van der Waals surface area contributed by atoms with E-state index in [1.165, 1.54) is 12.5 Å². The first-order valence-electron chi connectivity index (χ1n) is 6.69. The third-order valence-corrected chi connectivity index (χ3v) is 3.87. The van der Waals surface area contributed by atoms with Gasteiger partial charge in [-0.05, 0) is 37.8 Å². The molecule has 18 heavy (non-hydrogen) atoms. The molecular formula is C15H22FNO. The molecule has 100 valence electrons. The second kappa shape index (κ2) is 5.81. The Labute approximate surface area is 108 Å². The molecule has 0 spiro atoms. The van der Waals surface area contributed by atoms with Gasteiger partial charge in [0.15, 0.2) is 0 Å². The molecule has 0 heterocycles. The highest BCUT2D eigenvalue weighted by Crippen LogP contribution is 2.38. The molecule has 1 aromatic carbocycles. The van der Waals surface area contributed by atoms with E-state index in [1.54, 1.807) is 18.2 Å². The van der Waals surface area contributed by atoms with Crippen LogP contribution in [0, 0.1) is 17.7 Å². The van der Waals surface area contributed by atoms with Crippen LogP contribution in [0.3, 0.4) is 0 Å². The summed E-state index contributed by atoms with van der Waals surface area (Å²) in [5.41, 5.74) is 0.408. The Kier molecular flexibility index (Phi) is 4.36. The summed E-state index contributed by atoms with van der Waals surface area (Å²) in [6.45, 7) is 4.16. The first kappa shape index (κ1) is 13.5. The fourth-order valence-corrected chi connectivity index (χ4v) is 2.39. The summed E-state index contributed by atoms with van der Waals surface area (Å²) >= 11 is 0. The van der Waals surface area contributed by atoms with Crippen LogP contribution >= 0.6 is 0 Å². The van der Waals surface area contributed by atoms with E-state index in [9.17, 15) is 9.50 Å². The third kappa shape index (κ3) is 3.53. The minimum atomic E-state index is -0.703. The van der Waals surface area contributed by atoms with E-state index in [-0.39, 0.29) is 5.82 Å². The highest BCUT2D eigenvalue weighted by Gasteiger charge is 2.33. The highest BCUT2D eigenvalue weighted by atomic mass is 19.1. The monoisotopic (exact) mass is 251 g/mol. The van der Waals surface area contributed by atoms with Gasteiger partial charge in [-0.15, -0.1) is 0 Å². The smallest absolute Gasteiger partial charge is 0.128 e. The quantitative estimate of drug-likeness (QED) is 0.840. The summed E-state index contributed by atoms with van der Waals surface area (Å²) in [5.74, 6) is 1.35. The summed E-state index contributed by atoms with van der Waals surface area (Å²) in [6, 6.07) is 6.46. The van der Waals surface area contributed by atoms with Crippen molar-refractivity contribution in [2.45, 2.75) is 25.9 Å². The number of halogens is 1. The van der Waals surface area contributed by atoms with Crippen molar-refractivity contribution in [3.05, 3.63) is 35.6 Å². The van der Waals surface area contributed by atoms with E-state index in [2.05, 4.69) is 18.9 Å². The number of nitrogens with zero attached hydrogens (tertiary/aromatic N) is 1. The van der Waals surface area contributed by atoms with Gasteiger partial charge < -0.3 is 10.0 Å². The number of rotatable bonds is 6. The van der Waals surface area contributed by atoms with Crippen molar-refractivity contribution in [2.75, 3.05) is 20.1 Å². The lowest BCUT2D eigenvalue weighted by atomic mass is 10.1. The van der Waals surface area contributed by atoms with Crippen LogP contribution in [0.15, 0.2) is 24.3 Å². The molecule has 3 atom stereocenters. The Bertz CT molecular complexity index is 396. The lowest BCUT2D eigenvalue weighted by Crippen LogP contribution is -2.24. The normalized spacial score (nSPS) is 24.3. The topological polar surface area (TPSA) is 23.5 Å². The largest absolute Gasteiger partial charge is 0.388 e. The molecule has 3 unspecified atom stereocenters. The van der Waals surface area contributed by atoms with Gasteiger partial charge in [0.2, 0.25) is 0 Å². The average molecular weight is 251 g/mol. The molecular weight excluding hydrogens is 229 g/mol. The van der Waals surface area contributed by atoms with E-state index >= 15 is 0 Å². The molecule has 0 amide bonds. The van der Waals surface area contributed by atoms with Crippen LogP contribution in [-0.4, -0.2) is 30.1 Å². The molecule has 1 aromatic rings. The van der Waals surface area contributed by atoms with E-state index in [0.29, 0.717) is 12.0 Å². The lowest BCUT2D eigenvalue weighted by molar-refractivity contribution is 0.144. The van der Waals surface area contributed by atoms with Crippen molar-refractivity contribution < 1.29 is 9.50 Å². The molecule has 1 fully saturated rings. The second-order valence-electron chi connectivity index (χ2n) is 5.56. The van der Waals surface area contributed by atoms with Crippen molar-refractivity contribution >= 4 is 0 Å². The molecule has 2 rings (SSSR count). The zero-order valence-electron chi connectivity index (χ0n) is 11.1. The van der Waals surface area contributed by atoms with Crippen molar-refractivity contribution in [1.29, 1.82) is 0 Å². The Morgan fingerprint density at radius 1 is 1.44 bits per heavy atom. The molecule has 1 aliphatic carbocycles. The molecule has 0 radical (unpaired) electrons. The molecule has 0 aromatic heterocycles. The molecule has 1 aliphatic rings. The van der Waals surface area contributed by atoms with E-state index < -0.39 is 6.10 Å². The average Bonchev–Trinajstić information content (AvgIpc) is 3.02. The maximum absolute atomic E-state index is 13.5. The van der Waals surface area contributed by atoms with Crippen molar-refractivity contribution in [2.24, 2.45) is 11.8 Å². The number of aliphatic hydroxyl groups is 1. The first-order chi connectivity index (χ1) is 8.58. The molecule has 1 N–H and O–H groups in total. The molecule has 0 saturated heterocycles. The number of hydrogen-bond donors (Lipinski definition) is 1. The molecule has 0 bridgehead atoms. The number of aliphatic hydroxyl groups excluding tert-OH is 1. The summed E-state index contributed by atoms with van der Waals surface area (Å²) in [5, 5.41) is 9.99. The SMILES string of the molecule is CC1CC1CN(C)CCC(O)c1ccccc1F. The molecule has 2 nitrogen and oxygen atoms in total. The fraction of sp³-hybridized carbons (Fsp3) is 0.600. The molecule has 1 saturated carbocycles. The summed E-state index contributed by atoms with van der Waals surface area (Å²) in [6.07, 6.45) is 1.20. The van der Waals surface area contributed by atoms with Crippen LogP contribution in [0.2, 0.25) is 0 Å². The van der Waals surface area contributed by atoms with Crippen LogP contribution in [0.5, 0.6) is 0 Å². The van der Waals surface area contributed by atoms with Crippen LogP contribution < -0.4 is 0 Å². The van der Waals surface area contributed by atoms with Gasteiger partial charge in [0.1, 0.15) is 5.82 Å². The number of benzene rings is 1. The van der Waals surface area contributed by atoms with E-state index in [1.807, 2.05) is 0 Å². The third-order valence-electron chi connectivity index (χ3n) is 3.87. The van der Waals surface area contributed by atoms with Crippen LogP contribution in [0.25, 0.3) is 0 Å². The zero-order valence-corrected chi connectivity index (χ0v) is 11.1. The molecule has 3 heteroatoms. The van der Waals surface area contributed by atoms with Gasteiger partial charge in [0, 0.05) is 18.7 Å². The van der Waals surface area contributed by atoms with E-state index in [0.717, 1.165) is 24.9 Å². The van der Waals surface area contributed by atoms with Gasteiger partial charge in [-0.2, -0.15) is 0 Å². The zero-order chi connectivity index (χ0) is 13.1. The van der Waals surface area contributed by atoms with E-state index in [4.69, 9.17) is 0 Å². The van der Waals surface area contributed by atoms with Crippen LogP contribution in [0.4, 0.5) is 4.39 Å². The van der Waals surface area contributed by atoms with Gasteiger partial charge >= 0.3 is 0 Å². The molecule has 0 aliphatic heterocycles. The Balaban J connectivity index is 1.77. The second-order valence-corrected chi connectivity index (χ2v) is 5.56. The van der Waals surface area contributed by atoms with Gasteiger partial charge in [-0.1, -0.05) is 25.1 Å². The Hall–Kier alpha value is -0.930.